The van der Waals surface area contributed by atoms with Gasteiger partial charge in [-0.05, 0) is 39.0 Å². The van der Waals surface area contributed by atoms with E-state index >= 15 is 0 Å². The maximum Gasteiger partial charge on any atom is 0.226 e. The van der Waals surface area contributed by atoms with E-state index in [-0.39, 0.29) is 5.92 Å². The summed E-state index contributed by atoms with van der Waals surface area (Å²) in [4.78, 5) is 14.1. The number of carbonyl (C=O) groups excluding carboxylic acids is 1. The highest BCUT2D eigenvalue weighted by atomic mass is 16.3. The molecule has 0 spiro atoms. The number of aliphatic hydroxyl groups is 1. The third kappa shape index (κ3) is 2.64. The molecule has 1 fully saturated rings. The first-order valence-corrected chi connectivity index (χ1v) is 6.25. The highest BCUT2D eigenvalue weighted by molar-refractivity contribution is 5.79. The van der Waals surface area contributed by atoms with Crippen LogP contribution in [0.25, 0.3) is 0 Å². The number of allylic oxidation sites excluding steroid dienone is 2. The maximum absolute atomic E-state index is 12.2. The molecule has 0 saturated carbocycles. The zero-order valence-corrected chi connectivity index (χ0v) is 9.98. The number of hydrogen-bond donors (Lipinski definition) is 1. The van der Waals surface area contributed by atoms with Gasteiger partial charge in [-0.3, -0.25) is 4.79 Å². The minimum Gasteiger partial charge on any atom is -0.390 e. The van der Waals surface area contributed by atoms with Crippen molar-refractivity contribution in [1.82, 2.24) is 4.90 Å². The van der Waals surface area contributed by atoms with Crippen molar-refractivity contribution in [2.24, 2.45) is 5.92 Å². The zero-order chi connectivity index (χ0) is 11.6. The van der Waals surface area contributed by atoms with Crippen LogP contribution in [0.5, 0.6) is 0 Å². The lowest BCUT2D eigenvalue weighted by Crippen LogP contribution is -2.47. The van der Waals surface area contributed by atoms with Gasteiger partial charge in [0, 0.05) is 19.0 Å². The number of hydrogen-bond acceptors (Lipinski definition) is 2. The summed E-state index contributed by atoms with van der Waals surface area (Å²) in [6.07, 6.45) is 8.61. The monoisotopic (exact) mass is 223 g/mol. The molecule has 2 rings (SSSR count). The van der Waals surface area contributed by atoms with Crippen molar-refractivity contribution in [2.75, 3.05) is 13.1 Å². The van der Waals surface area contributed by atoms with Gasteiger partial charge in [-0.1, -0.05) is 12.2 Å². The summed E-state index contributed by atoms with van der Waals surface area (Å²) < 4.78 is 0. The van der Waals surface area contributed by atoms with Gasteiger partial charge in [-0.2, -0.15) is 0 Å². The SMILES string of the molecule is CC1(O)CCN(C(=O)C2CC=CCC2)CC1. The van der Waals surface area contributed by atoms with Gasteiger partial charge in [-0.15, -0.1) is 0 Å². The first-order valence-electron chi connectivity index (χ1n) is 6.25. The first-order chi connectivity index (χ1) is 7.58. The van der Waals surface area contributed by atoms with Crippen molar-refractivity contribution in [3.8, 4) is 0 Å². The number of nitrogens with zero attached hydrogens (tertiary/aromatic N) is 1. The van der Waals surface area contributed by atoms with Crippen LogP contribution in [0, 0.1) is 5.92 Å². The molecule has 1 saturated heterocycles. The summed E-state index contributed by atoms with van der Waals surface area (Å²) in [6.45, 7) is 3.29. The predicted octanol–water partition coefficient (Wildman–Crippen LogP) is 1.72. The second-order valence-electron chi connectivity index (χ2n) is 5.30. The van der Waals surface area contributed by atoms with Gasteiger partial charge in [-0.25, -0.2) is 0 Å². The van der Waals surface area contributed by atoms with Crippen LogP contribution in [0.1, 0.15) is 39.0 Å². The predicted molar refractivity (Wildman–Crippen MR) is 62.9 cm³/mol. The third-order valence-corrected chi connectivity index (χ3v) is 3.77. The molecule has 0 aromatic heterocycles. The molecule has 0 aromatic rings. The lowest BCUT2D eigenvalue weighted by Gasteiger charge is -2.37. The largest absolute Gasteiger partial charge is 0.390 e. The smallest absolute Gasteiger partial charge is 0.226 e. The van der Waals surface area contributed by atoms with Crippen molar-refractivity contribution in [3.63, 3.8) is 0 Å². The second kappa shape index (κ2) is 4.58. The van der Waals surface area contributed by atoms with Crippen molar-refractivity contribution in [3.05, 3.63) is 12.2 Å². The number of amides is 1. The van der Waals surface area contributed by atoms with Crippen LogP contribution in [0.15, 0.2) is 12.2 Å². The summed E-state index contributed by atoms with van der Waals surface area (Å²) in [5.74, 6) is 0.480. The summed E-state index contributed by atoms with van der Waals surface area (Å²) >= 11 is 0. The summed E-state index contributed by atoms with van der Waals surface area (Å²) in [5.41, 5.74) is -0.566. The Kier molecular flexibility index (Phi) is 3.33. The Morgan fingerprint density at radius 3 is 2.62 bits per heavy atom. The molecule has 0 aromatic carbocycles. The molecule has 1 atom stereocenters. The Balaban J connectivity index is 1.89. The van der Waals surface area contributed by atoms with E-state index in [1.165, 1.54) is 0 Å². The van der Waals surface area contributed by atoms with Gasteiger partial charge < -0.3 is 10.0 Å². The number of carbonyl (C=O) groups is 1. The fourth-order valence-corrected chi connectivity index (χ4v) is 2.48. The Bertz CT molecular complexity index is 286. The average molecular weight is 223 g/mol. The molecule has 3 heteroatoms. The molecule has 0 bridgehead atoms. The van der Waals surface area contributed by atoms with Gasteiger partial charge >= 0.3 is 0 Å². The average Bonchev–Trinajstić information content (AvgIpc) is 2.29. The molecule has 90 valence electrons. The quantitative estimate of drug-likeness (QED) is 0.688. The molecular weight excluding hydrogens is 202 g/mol. The van der Waals surface area contributed by atoms with E-state index in [0.29, 0.717) is 31.8 Å². The minimum atomic E-state index is -0.566. The number of piperidine rings is 1. The summed E-state index contributed by atoms with van der Waals surface area (Å²) in [6, 6.07) is 0. The van der Waals surface area contributed by atoms with Crippen molar-refractivity contribution >= 4 is 5.91 Å². The number of rotatable bonds is 1. The fourth-order valence-electron chi connectivity index (χ4n) is 2.48. The minimum absolute atomic E-state index is 0.188. The van der Waals surface area contributed by atoms with E-state index in [1.807, 2.05) is 11.8 Å². The van der Waals surface area contributed by atoms with E-state index in [1.54, 1.807) is 0 Å². The first kappa shape index (κ1) is 11.6. The molecule has 1 N–H and O–H groups in total. The molecule has 1 amide bonds. The van der Waals surface area contributed by atoms with Crippen LogP contribution >= 0.6 is 0 Å². The van der Waals surface area contributed by atoms with Gasteiger partial charge in [0.05, 0.1) is 5.60 Å². The van der Waals surface area contributed by atoms with Crippen LogP contribution in [-0.2, 0) is 4.79 Å². The van der Waals surface area contributed by atoms with E-state index in [4.69, 9.17) is 0 Å². The van der Waals surface area contributed by atoms with Crippen LogP contribution in [0.3, 0.4) is 0 Å². The number of likely N-dealkylation sites (tertiary alicyclic amines) is 1. The third-order valence-electron chi connectivity index (χ3n) is 3.77. The van der Waals surface area contributed by atoms with E-state index in [2.05, 4.69) is 12.2 Å². The molecular formula is C13H21NO2. The molecule has 16 heavy (non-hydrogen) atoms. The van der Waals surface area contributed by atoms with Gasteiger partial charge in [0.15, 0.2) is 0 Å². The Morgan fingerprint density at radius 2 is 2.06 bits per heavy atom. The lowest BCUT2D eigenvalue weighted by atomic mass is 9.90. The van der Waals surface area contributed by atoms with Crippen molar-refractivity contribution in [2.45, 2.75) is 44.6 Å². The summed E-state index contributed by atoms with van der Waals surface area (Å²) in [5, 5.41) is 9.84. The molecule has 3 nitrogen and oxygen atoms in total. The molecule has 1 heterocycles. The van der Waals surface area contributed by atoms with E-state index in [0.717, 1.165) is 19.3 Å². The van der Waals surface area contributed by atoms with Gasteiger partial charge in [0.2, 0.25) is 5.91 Å². The van der Waals surface area contributed by atoms with Crippen LogP contribution < -0.4 is 0 Å². The Labute approximate surface area is 97.1 Å². The normalized spacial score (nSPS) is 29.1. The topological polar surface area (TPSA) is 40.5 Å². The Hall–Kier alpha value is -0.830. The molecule has 2 aliphatic rings. The molecule has 1 aliphatic heterocycles. The standard InChI is InChI=1S/C13H21NO2/c1-13(16)7-9-14(10-8-13)12(15)11-5-3-2-4-6-11/h2-3,11,16H,4-10H2,1H3. The molecule has 1 aliphatic carbocycles. The highest BCUT2D eigenvalue weighted by Crippen LogP contribution is 2.25. The highest BCUT2D eigenvalue weighted by Gasteiger charge is 2.32. The van der Waals surface area contributed by atoms with Crippen LogP contribution in [-0.4, -0.2) is 34.6 Å². The van der Waals surface area contributed by atoms with Gasteiger partial charge in [0.25, 0.3) is 0 Å². The van der Waals surface area contributed by atoms with E-state index < -0.39 is 5.60 Å². The second-order valence-corrected chi connectivity index (χ2v) is 5.30. The summed E-state index contributed by atoms with van der Waals surface area (Å²) in [7, 11) is 0. The van der Waals surface area contributed by atoms with Gasteiger partial charge in [0.1, 0.15) is 0 Å². The van der Waals surface area contributed by atoms with Crippen molar-refractivity contribution in [1.29, 1.82) is 0 Å². The molecule has 0 radical (unpaired) electrons. The van der Waals surface area contributed by atoms with E-state index in [9.17, 15) is 9.90 Å². The molecule has 1 unspecified atom stereocenters. The maximum atomic E-state index is 12.2. The fraction of sp³-hybridized carbons (Fsp3) is 0.769. The van der Waals surface area contributed by atoms with Crippen molar-refractivity contribution < 1.29 is 9.90 Å². The van der Waals surface area contributed by atoms with Crippen LogP contribution in [0.2, 0.25) is 0 Å². The zero-order valence-electron chi connectivity index (χ0n) is 9.98. The Morgan fingerprint density at radius 1 is 1.38 bits per heavy atom. The van der Waals surface area contributed by atoms with Crippen LogP contribution in [0.4, 0.5) is 0 Å². The lowest BCUT2D eigenvalue weighted by molar-refractivity contribution is -0.139.